The highest BCUT2D eigenvalue weighted by molar-refractivity contribution is 7.89. The summed E-state index contributed by atoms with van der Waals surface area (Å²) in [6.07, 6.45) is -0.670. The number of β-amino-alcohol motifs (C(OH)–C–C–N with tert-alkyl or cyclic N) is 1. The van der Waals surface area contributed by atoms with Crippen LogP contribution in [0.3, 0.4) is 0 Å². The average Bonchev–Trinajstić information content (AvgIpc) is 2.24. The van der Waals surface area contributed by atoms with Gasteiger partial charge >= 0.3 is 0 Å². The molecule has 0 saturated carbocycles. The first-order valence-electron chi connectivity index (χ1n) is 4.94. The molecule has 0 spiro atoms. The first kappa shape index (κ1) is 13.2. The summed E-state index contributed by atoms with van der Waals surface area (Å²) in [5.74, 6) is 0. The van der Waals surface area contributed by atoms with Crippen LogP contribution in [0.15, 0.2) is 23.1 Å². The maximum atomic E-state index is 12.0. The van der Waals surface area contributed by atoms with E-state index in [2.05, 4.69) is 0 Å². The highest BCUT2D eigenvalue weighted by atomic mass is 35.5. The van der Waals surface area contributed by atoms with Crippen molar-refractivity contribution in [1.29, 1.82) is 0 Å². The second kappa shape index (κ2) is 4.47. The lowest BCUT2D eigenvalue weighted by molar-refractivity contribution is -0.384. The molecule has 1 fully saturated rings. The predicted molar refractivity (Wildman–Crippen MR) is 62.9 cm³/mol. The van der Waals surface area contributed by atoms with E-state index in [9.17, 15) is 18.5 Å². The van der Waals surface area contributed by atoms with Gasteiger partial charge in [0.05, 0.1) is 16.0 Å². The van der Waals surface area contributed by atoms with Crippen molar-refractivity contribution in [3.8, 4) is 0 Å². The van der Waals surface area contributed by atoms with Crippen molar-refractivity contribution >= 4 is 27.3 Å². The molecule has 1 aromatic rings. The lowest BCUT2D eigenvalue weighted by Gasteiger charge is -2.34. The molecule has 7 nitrogen and oxygen atoms in total. The third-order valence-corrected chi connectivity index (χ3v) is 4.89. The topological polar surface area (TPSA) is 101 Å². The van der Waals surface area contributed by atoms with Crippen molar-refractivity contribution in [2.45, 2.75) is 11.0 Å². The summed E-state index contributed by atoms with van der Waals surface area (Å²) in [6.45, 7) is 0.0191. The van der Waals surface area contributed by atoms with E-state index in [0.29, 0.717) is 0 Å². The van der Waals surface area contributed by atoms with Crippen molar-refractivity contribution in [1.82, 2.24) is 4.31 Å². The molecule has 1 heterocycles. The maximum Gasteiger partial charge on any atom is 0.271 e. The Morgan fingerprint density at radius 2 is 2.06 bits per heavy atom. The molecule has 0 radical (unpaired) electrons. The molecule has 2 rings (SSSR count). The van der Waals surface area contributed by atoms with Gasteiger partial charge in [0, 0.05) is 25.2 Å². The molecule has 1 saturated heterocycles. The molecule has 0 amide bonds. The van der Waals surface area contributed by atoms with Crippen LogP contribution in [-0.2, 0) is 10.0 Å². The number of benzene rings is 1. The van der Waals surface area contributed by atoms with Gasteiger partial charge in [-0.2, -0.15) is 4.31 Å². The van der Waals surface area contributed by atoms with Crippen molar-refractivity contribution in [3.63, 3.8) is 0 Å². The molecule has 0 aliphatic carbocycles. The fourth-order valence-corrected chi connectivity index (χ4v) is 3.59. The van der Waals surface area contributed by atoms with E-state index in [1.165, 1.54) is 0 Å². The SMILES string of the molecule is O=[N+]([O-])c1ccc(S(=O)(=O)N2CC(O)C2)c(Cl)c1. The lowest BCUT2D eigenvalue weighted by atomic mass is 10.2. The van der Waals surface area contributed by atoms with E-state index in [4.69, 9.17) is 16.7 Å². The van der Waals surface area contributed by atoms with Gasteiger partial charge < -0.3 is 5.11 Å². The van der Waals surface area contributed by atoms with Gasteiger partial charge in [-0.15, -0.1) is 0 Å². The zero-order valence-electron chi connectivity index (χ0n) is 8.98. The summed E-state index contributed by atoms with van der Waals surface area (Å²) in [5.41, 5.74) is -0.275. The van der Waals surface area contributed by atoms with Crippen LogP contribution in [0.2, 0.25) is 5.02 Å². The number of sulfonamides is 1. The van der Waals surface area contributed by atoms with E-state index in [1.54, 1.807) is 0 Å². The molecule has 0 bridgehead atoms. The Morgan fingerprint density at radius 1 is 1.44 bits per heavy atom. The summed E-state index contributed by atoms with van der Waals surface area (Å²) in [7, 11) is -3.79. The molecular weight excluding hydrogens is 284 g/mol. The van der Waals surface area contributed by atoms with Crippen LogP contribution in [0, 0.1) is 10.1 Å². The normalized spacial score (nSPS) is 17.4. The molecule has 0 unspecified atom stereocenters. The molecule has 1 aromatic carbocycles. The number of non-ortho nitro benzene ring substituents is 1. The third kappa shape index (κ3) is 2.19. The smallest absolute Gasteiger partial charge is 0.271 e. The summed E-state index contributed by atoms with van der Waals surface area (Å²) in [4.78, 5) is 9.66. The number of hydrogen-bond acceptors (Lipinski definition) is 5. The Labute approximate surface area is 108 Å². The van der Waals surface area contributed by atoms with Gasteiger partial charge in [-0.25, -0.2) is 8.42 Å². The van der Waals surface area contributed by atoms with Gasteiger partial charge in [0.1, 0.15) is 4.90 Å². The van der Waals surface area contributed by atoms with E-state index in [0.717, 1.165) is 22.5 Å². The largest absolute Gasteiger partial charge is 0.390 e. The van der Waals surface area contributed by atoms with E-state index in [1.807, 2.05) is 0 Å². The summed E-state index contributed by atoms with van der Waals surface area (Å²) < 4.78 is 25.1. The van der Waals surface area contributed by atoms with Gasteiger partial charge in [-0.1, -0.05) is 11.6 Å². The fourth-order valence-electron chi connectivity index (χ4n) is 1.56. The monoisotopic (exact) mass is 292 g/mol. The van der Waals surface area contributed by atoms with Gasteiger partial charge in [0.2, 0.25) is 10.0 Å². The predicted octanol–water partition coefficient (Wildman–Crippen LogP) is 0.613. The maximum absolute atomic E-state index is 12.0. The fraction of sp³-hybridized carbons (Fsp3) is 0.333. The number of nitro benzene ring substituents is 1. The van der Waals surface area contributed by atoms with Gasteiger partial charge in [0.15, 0.2) is 0 Å². The number of nitrogens with zero attached hydrogens (tertiary/aromatic N) is 2. The van der Waals surface area contributed by atoms with Crippen LogP contribution in [0.1, 0.15) is 0 Å². The van der Waals surface area contributed by atoms with Crippen LogP contribution in [-0.4, -0.2) is 41.9 Å². The van der Waals surface area contributed by atoms with Crippen LogP contribution in [0.25, 0.3) is 0 Å². The standard InChI is InChI=1S/C9H9ClN2O5S/c10-8-3-6(12(14)15)1-2-9(8)18(16,17)11-4-7(13)5-11/h1-3,7,13H,4-5H2. The molecule has 1 N–H and O–H groups in total. The number of rotatable bonds is 3. The molecule has 1 aliphatic rings. The van der Waals surface area contributed by atoms with E-state index >= 15 is 0 Å². The number of nitro groups is 1. The average molecular weight is 293 g/mol. The van der Waals surface area contributed by atoms with Crippen LogP contribution >= 0.6 is 11.6 Å². The van der Waals surface area contributed by atoms with Crippen molar-refractivity contribution in [3.05, 3.63) is 33.3 Å². The van der Waals surface area contributed by atoms with Gasteiger partial charge in [-0.3, -0.25) is 10.1 Å². The van der Waals surface area contributed by atoms with Gasteiger partial charge in [-0.05, 0) is 6.07 Å². The lowest BCUT2D eigenvalue weighted by Crippen LogP contribution is -2.53. The van der Waals surface area contributed by atoms with Crippen LogP contribution in [0.4, 0.5) is 5.69 Å². The van der Waals surface area contributed by atoms with Crippen molar-refractivity contribution in [2.24, 2.45) is 0 Å². The zero-order chi connectivity index (χ0) is 13.5. The molecule has 9 heteroatoms. The van der Waals surface area contributed by atoms with Crippen molar-refractivity contribution in [2.75, 3.05) is 13.1 Å². The second-order valence-corrected chi connectivity index (χ2v) is 6.16. The summed E-state index contributed by atoms with van der Waals surface area (Å²) >= 11 is 5.75. The molecule has 98 valence electrons. The highest BCUT2D eigenvalue weighted by Gasteiger charge is 2.36. The molecular formula is C9H9ClN2O5S. The van der Waals surface area contributed by atoms with Gasteiger partial charge in [0.25, 0.3) is 5.69 Å². The minimum absolute atomic E-state index is 0.00957. The summed E-state index contributed by atoms with van der Waals surface area (Å²) in [5, 5.41) is 19.4. The minimum atomic E-state index is -3.79. The Balaban J connectivity index is 2.37. The molecule has 18 heavy (non-hydrogen) atoms. The second-order valence-electron chi connectivity index (χ2n) is 3.85. The quantitative estimate of drug-likeness (QED) is 0.650. The highest BCUT2D eigenvalue weighted by Crippen LogP contribution is 2.30. The number of halogens is 1. The minimum Gasteiger partial charge on any atom is -0.390 e. The van der Waals surface area contributed by atoms with Crippen LogP contribution < -0.4 is 0 Å². The van der Waals surface area contributed by atoms with Crippen molar-refractivity contribution < 1.29 is 18.4 Å². The third-order valence-electron chi connectivity index (χ3n) is 2.57. The molecule has 1 aliphatic heterocycles. The number of aliphatic hydroxyl groups excluding tert-OH is 1. The Kier molecular flexibility index (Phi) is 3.28. The first-order chi connectivity index (χ1) is 8.32. The Hall–Kier alpha value is -1.22. The zero-order valence-corrected chi connectivity index (χ0v) is 10.6. The molecule has 0 atom stereocenters. The van der Waals surface area contributed by atoms with Crippen LogP contribution in [0.5, 0.6) is 0 Å². The first-order valence-corrected chi connectivity index (χ1v) is 6.76. The Morgan fingerprint density at radius 3 is 2.50 bits per heavy atom. The number of hydrogen-bond donors (Lipinski definition) is 1. The Bertz CT molecular complexity index is 597. The summed E-state index contributed by atoms with van der Waals surface area (Å²) in [6, 6.07) is 3.17. The van der Waals surface area contributed by atoms with E-state index in [-0.39, 0.29) is 28.7 Å². The molecule has 0 aromatic heterocycles. The number of aliphatic hydroxyl groups is 1. The van der Waals surface area contributed by atoms with E-state index < -0.39 is 21.1 Å².